The summed E-state index contributed by atoms with van der Waals surface area (Å²) in [5.74, 6) is -1.53. The maximum Gasteiger partial charge on any atom is 0.255 e. The Labute approximate surface area is 245 Å². The SMILES string of the molecule is CC(C)C[C@@H]1COc2ccc(Cl)cc2C(=O)N[C@@H](CC(=O)N2CC(O)C2)C(=O)N[C@H](Cc2ccccc2)C(=O)N1C. The molecule has 2 aromatic rings. The predicted octanol–water partition coefficient (Wildman–Crippen LogP) is 2.02. The van der Waals surface area contributed by atoms with Crippen LogP contribution in [0.1, 0.15) is 42.6 Å². The molecule has 10 nitrogen and oxygen atoms in total. The van der Waals surface area contributed by atoms with Crippen molar-refractivity contribution in [2.45, 2.75) is 57.3 Å². The minimum atomic E-state index is -1.29. The van der Waals surface area contributed by atoms with Crippen LogP contribution in [0.5, 0.6) is 5.75 Å². The fourth-order valence-electron chi connectivity index (χ4n) is 5.03. The number of carbonyl (C=O) groups excluding carboxylic acids is 4. The highest BCUT2D eigenvalue weighted by Gasteiger charge is 2.36. The maximum atomic E-state index is 13.9. The quantitative estimate of drug-likeness (QED) is 0.477. The minimum absolute atomic E-state index is 0.111. The van der Waals surface area contributed by atoms with Gasteiger partial charge in [-0.05, 0) is 36.1 Å². The summed E-state index contributed by atoms with van der Waals surface area (Å²) in [7, 11) is 1.69. The van der Waals surface area contributed by atoms with Gasteiger partial charge in [0.25, 0.3) is 5.91 Å². The van der Waals surface area contributed by atoms with Crippen LogP contribution in [0.4, 0.5) is 0 Å². The Morgan fingerprint density at radius 2 is 1.78 bits per heavy atom. The van der Waals surface area contributed by atoms with Gasteiger partial charge in [0.15, 0.2) is 0 Å². The summed E-state index contributed by atoms with van der Waals surface area (Å²) < 4.78 is 6.11. The molecule has 2 aliphatic heterocycles. The number of hydrogen-bond acceptors (Lipinski definition) is 6. The van der Waals surface area contributed by atoms with Crippen LogP contribution in [0.25, 0.3) is 0 Å². The minimum Gasteiger partial charge on any atom is -0.491 e. The number of nitrogens with zero attached hydrogens (tertiary/aromatic N) is 2. The molecule has 1 fully saturated rings. The lowest BCUT2D eigenvalue weighted by atomic mass is 10.00. The summed E-state index contributed by atoms with van der Waals surface area (Å²) in [6, 6.07) is 11.3. The maximum absolute atomic E-state index is 13.9. The molecule has 0 spiro atoms. The number of likely N-dealkylation sites (tertiary alicyclic amines) is 1. The van der Waals surface area contributed by atoms with E-state index in [1.165, 1.54) is 11.0 Å². The number of rotatable bonds is 6. The van der Waals surface area contributed by atoms with Gasteiger partial charge in [0.2, 0.25) is 17.7 Å². The highest BCUT2D eigenvalue weighted by Crippen LogP contribution is 2.25. The van der Waals surface area contributed by atoms with E-state index in [0.717, 1.165) is 5.56 Å². The number of β-amino-alcohol motifs (C(OH)–C–C–N with tert-alkyl or cyclic N) is 1. The fourth-order valence-corrected chi connectivity index (χ4v) is 5.20. The first-order chi connectivity index (χ1) is 19.5. The molecule has 220 valence electrons. The van der Waals surface area contributed by atoms with Crippen LogP contribution in [0.15, 0.2) is 48.5 Å². The zero-order valence-electron chi connectivity index (χ0n) is 23.5. The van der Waals surface area contributed by atoms with Crippen LogP contribution >= 0.6 is 11.6 Å². The number of aliphatic hydroxyl groups excluding tert-OH is 1. The third-order valence-corrected chi connectivity index (χ3v) is 7.60. The zero-order chi connectivity index (χ0) is 29.7. The molecule has 0 aliphatic carbocycles. The fraction of sp³-hybridized carbons (Fsp3) is 0.467. The second kappa shape index (κ2) is 13.4. The van der Waals surface area contributed by atoms with Gasteiger partial charge in [-0.2, -0.15) is 0 Å². The molecule has 11 heteroatoms. The lowest BCUT2D eigenvalue weighted by Crippen LogP contribution is -2.58. The van der Waals surface area contributed by atoms with E-state index in [4.69, 9.17) is 16.3 Å². The van der Waals surface area contributed by atoms with Crippen LogP contribution in [-0.2, 0) is 20.8 Å². The number of likely N-dealkylation sites (N-methyl/N-ethyl adjacent to an activating group) is 1. The van der Waals surface area contributed by atoms with Crippen molar-refractivity contribution in [3.8, 4) is 5.75 Å². The molecule has 2 heterocycles. The van der Waals surface area contributed by atoms with Crippen molar-refractivity contribution >= 4 is 35.2 Å². The van der Waals surface area contributed by atoms with Crippen molar-refractivity contribution in [3.63, 3.8) is 0 Å². The number of halogens is 1. The summed E-state index contributed by atoms with van der Waals surface area (Å²) >= 11 is 6.21. The zero-order valence-corrected chi connectivity index (χ0v) is 24.3. The Balaban J connectivity index is 1.71. The van der Waals surface area contributed by atoms with Gasteiger partial charge < -0.3 is 30.3 Å². The number of nitrogens with one attached hydrogen (secondary N) is 2. The molecule has 4 amide bonds. The Morgan fingerprint density at radius 3 is 2.44 bits per heavy atom. The van der Waals surface area contributed by atoms with Crippen LogP contribution < -0.4 is 15.4 Å². The average Bonchev–Trinajstić information content (AvgIpc) is 2.92. The van der Waals surface area contributed by atoms with Crippen molar-refractivity contribution in [2.75, 3.05) is 26.7 Å². The summed E-state index contributed by atoms with van der Waals surface area (Å²) in [6.07, 6.45) is -0.120. The Bertz CT molecular complexity index is 1270. The first-order valence-corrected chi connectivity index (χ1v) is 14.2. The molecule has 3 atom stereocenters. The normalized spacial score (nSPS) is 22.4. The van der Waals surface area contributed by atoms with E-state index >= 15 is 0 Å². The van der Waals surface area contributed by atoms with Gasteiger partial charge in [-0.25, -0.2) is 0 Å². The van der Waals surface area contributed by atoms with Gasteiger partial charge in [-0.3, -0.25) is 19.2 Å². The number of ether oxygens (including phenoxy) is 1. The van der Waals surface area contributed by atoms with Crippen LogP contribution in [0.3, 0.4) is 0 Å². The molecular formula is C30H37ClN4O6. The average molecular weight is 585 g/mol. The lowest BCUT2D eigenvalue weighted by molar-refractivity contribution is -0.143. The molecule has 1 saturated heterocycles. The van der Waals surface area contributed by atoms with E-state index in [2.05, 4.69) is 10.6 Å². The van der Waals surface area contributed by atoms with E-state index < -0.39 is 35.9 Å². The number of fused-ring (bicyclic) bond motifs is 1. The van der Waals surface area contributed by atoms with Crippen molar-refractivity contribution in [1.29, 1.82) is 0 Å². The summed E-state index contributed by atoms with van der Waals surface area (Å²) in [5.41, 5.74) is 0.952. The van der Waals surface area contributed by atoms with Crippen LogP contribution in [0.2, 0.25) is 5.02 Å². The third-order valence-electron chi connectivity index (χ3n) is 7.37. The first kappa shape index (κ1) is 30.3. The molecule has 41 heavy (non-hydrogen) atoms. The molecule has 0 radical (unpaired) electrons. The molecule has 0 saturated carbocycles. The van der Waals surface area contributed by atoms with E-state index in [-0.39, 0.29) is 61.7 Å². The van der Waals surface area contributed by atoms with Gasteiger partial charge in [-0.1, -0.05) is 55.8 Å². The van der Waals surface area contributed by atoms with Crippen molar-refractivity contribution < 1.29 is 29.0 Å². The third kappa shape index (κ3) is 7.77. The summed E-state index contributed by atoms with van der Waals surface area (Å²) in [5, 5.41) is 15.4. The Hall–Kier alpha value is -3.63. The van der Waals surface area contributed by atoms with E-state index in [0.29, 0.717) is 11.4 Å². The van der Waals surface area contributed by atoms with E-state index in [9.17, 15) is 24.3 Å². The number of amides is 4. The molecule has 3 N–H and O–H groups in total. The van der Waals surface area contributed by atoms with E-state index in [1.54, 1.807) is 24.1 Å². The van der Waals surface area contributed by atoms with Gasteiger partial charge in [0.05, 0.1) is 24.1 Å². The van der Waals surface area contributed by atoms with Gasteiger partial charge in [0, 0.05) is 31.6 Å². The van der Waals surface area contributed by atoms with Crippen LogP contribution in [0, 0.1) is 5.92 Å². The second-order valence-corrected chi connectivity index (χ2v) is 11.6. The Morgan fingerprint density at radius 1 is 1.07 bits per heavy atom. The van der Waals surface area contributed by atoms with Crippen molar-refractivity contribution in [1.82, 2.24) is 20.4 Å². The molecule has 0 aromatic heterocycles. The Kier molecular flexibility index (Phi) is 9.88. The van der Waals surface area contributed by atoms with E-state index in [1.807, 2.05) is 44.2 Å². The standard InChI is InChI=1S/C30H37ClN4O6/c1-18(2)11-21-17-41-26-10-9-20(31)13-23(26)28(38)32-24(14-27(37)35-15-22(36)16-35)29(39)33-25(30(40)34(21)3)12-19-7-5-4-6-8-19/h4-10,13,18,21-22,24-25,36H,11-12,14-17H2,1-3H3,(H,32,38)(H,33,39)/t21-,24+,25-/m1/s1. The van der Waals surface area contributed by atoms with Crippen molar-refractivity contribution in [2.24, 2.45) is 5.92 Å². The highest BCUT2D eigenvalue weighted by molar-refractivity contribution is 6.31. The predicted molar refractivity (Wildman–Crippen MR) is 153 cm³/mol. The first-order valence-electron chi connectivity index (χ1n) is 13.8. The molecule has 0 unspecified atom stereocenters. The van der Waals surface area contributed by atoms with Gasteiger partial charge >= 0.3 is 0 Å². The monoisotopic (exact) mass is 584 g/mol. The molecule has 0 bridgehead atoms. The molecular weight excluding hydrogens is 548 g/mol. The second-order valence-electron chi connectivity index (χ2n) is 11.1. The molecule has 4 rings (SSSR count). The highest BCUT2D eigenvalue weighted by atomic mass is 35.5. The molecule has 2 aliphatic rings. The largest absolute Gasteiger partial charge is 0.491 e. The summed E-state index contributed by atoms with van der Waals surface area (Å²) in [6.45, 7) is 4.52. The number of aliphatic hydroxyl groups is 1. The van der Waals surface area contributed by atoms with Crippen LogP contribution in [-0.4, -0.2) is 89.5 Å². The van der Waals surface area contributed by atoms with Crippen molar-refractivity contribution in [3.05, 3.63) is 64.7 Å². The number of benzene rings is 2. The molecule has 2 aromatic carbocycles. The summed E-state index contributed by atoms with van der Waals surface area (Å²) in [4.78, 5) is 57.0. The number of carbonyl (C=O) groups is 4. The van der Waals surface area contributed by atoms with Gasteiger partial charge in [0.1, 0.15) is 24.4 Å². The lowest BCUT2D eigenvalue weighted by Gasteiger charge is -2.36. The smallest absolute Gasteiger partial charge is 0.255 e. The van der Waals surface area contributed by atoms with Gasteiger partial charge in [-0.15, -0.1) is 0 Å². The topological polar surface area (TPSA) is 128 Å². The number of hydrogen-bond donors (Lipinski definition) is 3.